The smallest absolute Gasteiger partial charge is 0.255 e. The lowest BCUT2D eigenvalue weighted by Gasteiger charge is -2.08. The van der Waals surface area contributed by atoms with Gasteiger partial charge in [-0.1, -0.05) is 42.5 Å². The van der Waals surface area contributed by atoms with Crippen molar-refractivity contribution in [3.8, 4) is 5.75 Å². The Morgan fingerprint density at radius 1 is 0.905 bits per heavy atom. The Labute approximate surface area is 122 Å². The average molecular weight is 284 g/mol. The van der Waals surface area contributed by atoms with Crippen LogP contribution in [-0.4, -0.2) is 23.5 Å². The second kappa shape index (κ2) is 7.09. The van der Waals surface area contributed by atoms with Gasteiger partial charge in [-0.25, -0.2) is 0 Å². The molecule has 0 bridgehead atoms. The number of hydrogen-bond donors (Lipinski definition) is 3. The molecule has 0 saturated carbocycles. The molecule has 5 heteroatoms. The van der Waals surface area contributed by atoms with E-state index in [4.69, 9.17) is 0 Å². The van der Waals surface area contributed by atoms with Crippen LogP contribution < -0.4 is 10.6 Å². The summed E-state index contributed by atoms with van der Waals surface area (Å²) in [6.07, 6.45) is 0. The molecule has 3 N–H and O–H groups in total. The van der Waals surface area contributed by atoms with E-state index in [-0.39, 0.29) is 23.8 Å². The maximum atomic E-state index is 11.8. The first kappa shape index (κ1) is 14.6. The molecule has 0 aromatic heterocycles. The maximum Gasteiger partial charge on any atom is 0.255 e. The minimum atomic E-state index is -0.483. The third-order valence-electron chi connectivity index (χ3n) is 2.89. The fourth-order valence-corrected chi connectivity index (χ4v) is 1.78. The number of benzene rings is 2. The molecule has 21 heavy (non-hydrogen) atoms. The Morgan fingerprint density at radius 3 is 2.29 bits per heavy atom. The lowest BCUT2D eigenvalue weighted by Crippen LogP contribution is -2.36. The van der Waals surface area contributed by atoms with Crippen LogP contribution in [-0.2, 0) is 11.3 Å². The number of aromatic hydroxyl groups is 1. The molecule has 0 radical (unpaired) electrons. The highest BCUT2D eigenvalue weighted by molar-refractivity contribution is 5.98. The van der Waals surface area contributed by atoms with Gasteiger partial charge in [-0.05, 0) is 17.7 Å². The standard InChI is InChI=1S/C16H16N2O3/c19-14-9-5-4-8-13(14)16(21)18-11-15(20)17-10-12-6-2-1-3-7-12/h1-9,19H,10-11H2,(H,17,20)(H,18,21). The van der Waals surface area contributed by atoms with Gasteiger partial charge in [0.15, 0.2) is 0 Å². The summed E-state index contributed by atoms with van der Waals surface area (Å²) in [5, 5.41) is 14.7. The molecule has 0 aliphatic heterocycles. The first-order valence-corrected chi connectivity index (χ1v) is 6.53. The molecule has 0 aliphatic rings. The molecule has 2 rings (SSSR count). The molecule has 108 valence electrons. The molecule has 2 aromatic carbocycles. The fourth-order valence-electron chi connectivity index (χ4n) is 1.78. The Morgan fingerprint density at radius 2 is 1.57 bits per heavy atom. The third-order valence-corrected chi connectivity index (χ3v) is 2.89. The van der Waals surface area contributed by atoms with E-state index in [1.807, 2.05) is 30.3 Å². The molecular formula is C16H16N2O3. The zero-order valence-corrected chi connectivity index (χ0v) is 11.4. The molecule has 0 spiro atoms. The Hall–Kier alpha value is -2.82. The highest BCUT2D eigenvalue weighted by atomic mass is 16.3. The highest BCUT2D eigenvalue weighted by Crippen LogP contribution is 2.14. The van der Waals surface area contributed by atoms with E-state index >= 15 is 0 Å². The molecule has 0 atom stereocenters. The van der Waals surface area contributed by atoms with Gasteiger partial charge in [0.1, 0.15) is 5.75 Å². The van der Waals surface area contributed by atoms with Gasteiger partial charge >= 0.3 is 0 Å². The van der Waals surface area contributed by atoms with E-state index in [9.17, 15) is 14.7 Å². The second-order valence-corrected chi connectivity index (χ2v) is 4.46. The van der Waals surface area contributed by atoms with Crippen molar-refractivity contribution in [1.29, 1.82) is 0 Å². The van der Waals surface area contributed by atoms with Gasteiger partial charge in [0.05, 0.1) is 12.1 Å². The number of phenols is 1. The monoisotopic (exact) mass is 284 g/mol. The number of phenolic OH excluding ortho intramolecular Hbond substituents is 1. The Bertz CT molecular complexity index is 626. The molecule has 2 amide bonds. The minimum Gasteiger partial charge on any atom is -0.507 e. The van der Waals surface area contributed by atoms with Gasteiger partial charge in [0.2, 0.25) is 5.91 Å². The number of nitrogens with one attached hydrogen (secondary N) is 2. The Balaban J connectivity index is 1.79. The van der Waals surface area contributed by atoms with E-state index < -0.39 is 5.91 Å². The first-order valence-electron chi connectivity index (χ1n) is 6.53. The number of hydrogen-bond acceptors (Lipinski definition) is 3. The fraction of sp³-hybridized carbons (Fsp3) is 0.125. The van der Waals surface area contributed by atoms with Gasteiger partial charge in [-0.2, -0.15) is 0 Å². The summed E-state index contributed by atoms with van der Waals surface area (Å²) >= 11 is 0. The van der Waals surface area contributed by atoms with Crippen molar-refractivity contribution in [2.24, 2.45) is 0 Å². The van der Waals surface area contributed by atoms with Crippen LogP contribution in [0.2, 0.25) is 0 Å². The van der Waals surface area contributed by atoms with Crippen molar-refractivity contribution >= 4 is 11.8 Å². The minimum absolute atomic E-state index is 0.111. The van der Waals surface area contributed by atoms with Crippen molar-refractivity contribution in [2.45, 2.75) is 6.54 Å². The zero-order valence-electron chi connectivity index (χ0n) is 11.4. The summed E-state index contributed by atoms with van der Waals surface area (Å²) in [7, 11) is 0. The predicted octanol–water partition coefficient (Wildman–Crippen LogP) is 1.44. The number of para-hydroxylation sites is 1. The average Bonchev–Trinajstić information content (AvgIpc) is 2.52. The maximum absolute atomic E-state index is 11.8. The molecule has 0 saturated heterocycles. The number of carbonyl (C=O) groups excluding carboxylic acids is 2. The molecule has 0 fully saturated rings. The largest absolute Gasteiger partial charge is 0.507 e. The van der Waals surface area contributed by atoms with Crippen LogP contribution in [0.15, 0.2) is 54.6 Å². The van der Waals surface area contributed by atoms with Crippen molar-refractivity contribution in [3.63, 3.8) is 0 Å². The third kappa shape index (κ3) is 4.35. The molecular weight excluding hydrogens is 268 g/mol. The summed E-state index contributed by atoms with van der Waals surface area (Å²) in [4.78, 5) is 23.4. The topological polar surface area (TPSA) is 78.4 Å². The predicted molar refractivity (Wildman–Crippen MR) is 78.7 cm³/mol. The number of carbonyl (C=O) groups is 2. The van der Waals surface area contributed by atoms with Crippen LogP contribution in [0.5, 0.6) is 5.75 Å². The van der Waals surface area contributed by atoms with Crippen molar-refractivity contribution in [3.05, 3.63) is 65.7 Å². The van der Waals surface area contributed by atoms with Crippen LogP contribution in [0, 0.1) is 0 Å². The summed E-state index contributed by atoms with van der Waals surface area (Å²) in [5.74, 6) is -0.884. The normalized spacial score (nSPS) is 9.90. The van der Waals surface area contributed by atoms with Crippen LogP contribution in [0.3, 0.4) is 0 Å². The summed E-state index contributed by atoms with van der Waals surface area (Å²) in [6.45, 7) is 0.270. The van der Waals surface area contributed by atoms with Gasteiger partial charge in [0, 0.05) is 6.54 Å². The van der Waals surface area contributed by atoms with Crippen LogP contribution >= 0.6 is 0 Å². The van der Waals surface area contributed by atoms with E-state index in [2.05, 4.69) is 10.6 Å². The van der Waals surface area contributed by atoms with Crippen molar-refractivity contribution in [2.75, 3.05) is 6.54 Å². The molecule has 0 aliphatic carbocycles. The quantitative estimate of drug-likeness (QED) is 0.777. The van der Waals surface area contributed by atoms with E-state index in [1.165, 1.54) is 12.1 Å². The molecule has 0 heterocycles. The van der Waals surface area contributed by atoms with Crippen LogP contribution in [0.25, 0.3) is 0 Å². The van der Waals surface area contributed by atoms with Crippen LogP contribution in [0.1, 0.15) is 15.9 Å². The lowest BCUT2D eigenvalue weighted by atomic mass is 10.2. The summed E-state index contributed by atoms with van der Waals surface area (Å²) < 4.78 is 0. The van der Waals surface area contributed by atoms with E-state index in [0.29, 0.717) is 6.54 Å². The van der Waals surface area contributed by atoms with Crippen LogP contribution in [0.4, 0.5) is 0 Å². The second-order valence-electron chi connectivity index (χ2n) is 4.46. The van der Waals surface area contributed by atoms with E-state index in [1.54, 1.807) is 12.1 Å². The molecule has 0 unspecified atom stereocenters. The van der Waals surface area contributed by atoms with Gasteiger partial charge < -0.3 is 15.7 Å². The number of rotatable bonds is 5. The molecule has 2 aromatic rings. The zero-order chi connectivity index (χ0) is 15.1. The Kier molecular flexibility index (Phi) is 4.93. The van der Waals surface area contributed by atoms with Gasteiger partial charge in [0.25, 0.3) is 5.91 Å². The van der Waals surface area contributed by atoms with Crippen molar-refractivity contribution in [1.82, 2.24) is 10.6 Å². The SMILES string of the molecule is O=C(CNC(=O)c1ccccc1O)NCc1ccccc1. The van der Waals surface area contributed by atoms with Gasteiger partial charge in [-0.15, -0.1) is 0 Å². The lowest BCUT2D eigenvalue weighted by molar-refractivity contribution is -0.120. The van der Waals surface area contributed by atoms with E-state index in [0.717, 1.165) is 5.56 Å². The summed E-state index contributed by atoms with van der Waals surface area (Å²) in [6, 6.07) is 15.7. The summed E-state index contributed by atoms with van der Waals surface area (Å²) in [5.41, 5.74) is 1.13. The van der Waals surface area contributed by atoms with Gasteiger partial charge in [-0.3, -0.25) is 9.59 Å². The molecule has 5 nitrogen and oxygen atoms in total. The number of amides is 2. The first-order chi connectivity index (χ1) is 10.2. The van der Waals surface area contributed by atoms with Crippen molar-refractivity contribution < 1.29 is 14.7 Å². The highest BCUT2D eigenvalue weighted by Gasteiger charge is 2.11.